The van der Waals surface area contributed by atoms with Crippen LogP contribution in [0.2, 0.25) is 5.02 Å². The van der Waals surface area contributed by atoms with Gasteiger partial charge in [-0.05, 0) is 48.9 Å². The van der Waals surface area contributed by atoms with Crippen molar-refractivity contribution in [1.82, 2.24) is 10.2 Å². The third kappa shape index (κ3) is 4.66. The van der Waals surface area contributed by atoms with Crippen LogP contribution in [0.4, 0.5) is 13.2 Å². The van der Waals surface area contributed by atoms with Gasteiger partial charge in [-0.25, -0.2) is 0 Å². The van der Waals surface area contributed by atoms with Gasteiger partial charge >= 0.3 is 6.36 Å². The van der Waals surface area contributed by atoms with Gasteiger partial charge in [0.05, 0.1) is 0 Å². The van der Waals surface area contributed by atoms with Gasteiger partial charge in [0.25, 0.3) is 5.89 Å². The lowest BCUT2D eigenvalue weighted by atomic mass is 10.2. The van der Waals surface area contributed by atoms with Crippen LogP contribution >= 0.6 is 11.6 Å². The minimum Gasteiger partial charge on any atom is -0.484 e. The summed E-state index contributed by atoms with van der Waals surface area (Å²) in [5, 5.41) is 8.24. The summed E-state index contributed by atoms with van der Waals surface area (Å²) in [4.78, 5) is 0. The van der Waals surface area contributed by atoms with Crippen LogP contribution in [-0.2, 0) is 6.61 Å². The highest BCUT2D eigenvalue weighted by molar-refractivity contribution is 6.30. The molecule has 5 nitrogen and oxygen atoms in total. The van der Waals surface area contributed by atoms with E-state index in [1.165, 1.54) is 18.2 Å². The molecule has 2 aromatic carbocycles. The lowest BCUT2D eigenvalue weighted by Crippen LogP contribution is -2.17. The molecular weight excluding hydrogens is 373 g/mol. The van der Waals surface area contributed by atoms with E-state index in [9.17, 15) is 13.2 Å². The quantitative estimate of drug-likeness (QED) is 0.607. The van der Waals surface area contributed by atoms with Crippen LogP contribution in [0, 0.1) is 6.92 Å². The van der Waals surface area contributed by atoms with Crippen molar-refractivity contribution in [3.63, 3.8) is 0 Å². The van der Waals surface area contributed by atoms with E-state index in [1.807, 2.05) is 6.92 Å². The van der Waals surface area contributed by atoms with Gasteiger partial charge in [0, 0.05) is 10.6 Å². The molecule has 0 aliphatic heterocycles. The molecule has 0 saturated carbocycles. The maximum Gasteiger partial charge on any atom is 0.573 e. The van der Waals surface area contributed by atoms with Crippen molar-refractivity contribution in [2.75, 3.05) is 0 Å². The van der Waals surface area contributed by atoms with Crippen LogP contribution in [0.25, 0.3) is 11.5 Å². The van der Waals surface area contributed by atoms with E-state index >= 15 is 0 Å². The van der Waals surface area contributed by atoms with Crippen molar-refractivity contribution >= 4 is 11.6 Å². The number of aromatic nitrogens is 2. The third-order valence-electron chi connectivity index (χ3n) is 3.27. The number of ether oxygens (including phenoxy) is 2. The van der Waals surface area contributed by atoms with Gasteiger partial charge < -0.3 is 13.9 Å². The molecule has 1 heterocycles. The Morgan fingerprint density at radius 3 is 2.65 bits per heavy atom. The van der Waals surface area contributed by atoms with Gasteiger partial charge in [-0.2, -0.15) is 0 Å². The molecule has 0 radical (unpaired) electrons. The zero-order valence-electron chi connectivity index (χ0n) is 13.4. The normalized spacial score (nSPS) is 11.4. The first-order valence-electron chi connectivity index (χ1n) is 7.38. The molecule has 1 aromatic heterocycles. The van der Waals surface area contributed by atoms with E-state index in [0.717, 1.165) is 11.6 Å². The minimum absolute atomic E-state index is 0.00815. The van der Waals surface area contributed by atoms with E-state index in [4.69, 9.17) is 20.8 Å². The Morgan fingerprint density at radius 2 is 1.92 bits per heavy atom. The predicted octanol–water partition coefficient (Wildman–Crippen LogP) is 5.18. The lowest BCUT2D eigenvalue weighted by molar-refractivity contribution is -0.274. The number of hydrogen-bond donors (Lipinski definition) is 0. The molecule has 0 bridgehead atoms. The number of aryl methyl sites for hydroxylation is 1. The number of benzene rings is 2. The van der Waals surface area contributed by atoms with Crippen LogP contribution in [0.1, 0.15) is 11.5 Å². The van der Waals surface area contributed by atoms with Crippen molar-refractivity contribution in [3.8, 4) is 23.0 Å². The number of hydrogen-bond acceptors (Lipinski definition) is 5. The van der Waals surface area contributed by atoms with Crippen molar-refractivity contribution in [1.29, 1.82) is 0 Å². The molecule has 0 N–H and O–H groups in total. The summed E-state index contributed by atoms with van der Waals surface area (Å²) in [6.45, 7) is 1.85. The first-order chi connectivity index (χ1) is 12.3. The Kier molecular flexibility index (Phi) is 5.03. The van der Waals surface area contributed by atoms with Crippen LogP contribution in [-0.4, -0.2) is 16.6 Å². The largest absolute Gasteiger partial charge is 0.573 e. The van der Waals surface area contributed by atoms with E-state index in [0.29, 0.717) is 16.3 Å². The van der Waals surface area contributed by atoms with Gasteiger partial charge in [0.1, 0.15) is 11.5 Å². The predicted molar refractivity (Wildman–Crippen MR) is 86.9 cm³/mol. The molecular formula is C17H12ClF3N2O3. The summed E-state index contributed by atoms with van der Waals surface area (Å²) < 4.78 is 51.8. The smallest absolute Gasteiger partial charge is 0.484 e. The summed E-state index contributed by atoms with van der Waals surface area (Å²) in [6.07, 6.45) is -4.77. The molecule has 0 spiro atoms. The number of halogens is 4. The fourth-order valence-corrected chi connectivity index (χ4v) is 2.40. The second-order valence-corrected chi connectivity index (χ2v) is 5.71. The summed E-state index contributed by atoms with van der Waals surface area (Å²) >= 11 is 5.88. The Bertz CT molecular complexity index is 912. The Labute approximate surface area is 151 Å². The zero-order chi connectivity index (χ0) is 18.7. The molecule has 26 heavy (non-hydrogen) atoms. The number of nitrogens with zero attached hydrogens (tertiary/aromatic N) is 2. The summed E-state index contributed by atoms with van der Waals surface area (Å²) in [5.74, 6) is 0.470. The highest BCUT2D eigenvalue weighted by Crippen LogP contribution is 2.28. The summed E-state index contributed by atoms with van der Waals surface area (Å²) in [6, 6.07) is 10.4. The van der Waals surface area contributed by atoms with Gasteiger partial charge in [-0.1, -0.05) is 17.7 Å². The monoisotopic (exact) mass is 384 g/mol. The maximum absolute atomic E-state index is 12.3. The standard InChI is InChI=1S/C17H12ClF3N2O3/c1-10-7-12(18)5-6-14(10)24-9-15-22-23-16(25-15)11-3-2-4-13(8-11)26-17(19,20)21/h2-8H,9H2,1H3. The van der Waals surface area contributed by atoms with Crippen molar-refractivity contribution in [2.24, 2.45) is 0 Å². The second-order valence-electron chi connectivity index (χ2n) is 5.28. The molecule has 0 aliphatic rings. The van der Waals surface area contributed by atoms with Crippen molar-refractivity contribution in [2.45, 2.75) is 19.9 Å². The Morgan fingerprint density at radius 1 is 1.12 bits per heavy atom. The molecule has 136 valence electrons. The molecule has 0 amide bonds. The first-order valence-corrected chi connectivity index (χ1v) is 7.75. The zero-order valence-corrected chi connectivity index (χ0v) is 14.1. The molecule has 0 aliphatic carbocycles. The first kappa shape index (κ1) is 18.1. The second kappa shape index (κ2) is 7.25. The molecule has 3 rings (SSSR count). The maximum atomic E-state index is 12.3. The van der Waals surface area contributed by atoms with Crippen molar-refractivity contribution < 1.29 is 27.1 Å². The van der Waals surface area contributed by atoms with Gasteiger partial charge in [0.15, 0.2) is 6.61 Å². The summed E-state index contributed by atoms with van der Waals surface area (Å²) in [5.41, 5.74) is 1.14. The van der Waals surface area contributed by atoms with Crippen LogP contribution in [0.3, 0.4) is 0 Å². The fraction of sp³-hybridized carbons (Fsp3) is 0.176. The molecule has 9 heteroatoms. The van der Waals surface area contributed by atoms with Gasteiger partial charge in [0.2, 0.25) is 5.89 Å². The average Bonchev–Trinajstić information content (AvgIpc) is 3.02. The molecule has 0 saturated heterocycles. The highest BCUT2D eigenvalue weighted by atomic mass is 35.5. The summed E-state index contributed by atoms with van der Waals surface area (Å²) in [7, 11) is 0. The Balaban J connectivity index is 1.71. The average molecular weight is 385 g/mol. The van der Waals surface area contributed by atoms with Crippen LogP contribution in [0.15, 0.2) is 46.9 Å². The van der Waals surface area contributed by atoms with E-state index in [1.54, 1.807) is 18.2 Å². The SMILES string of the molecule is Cc1cc(Cl)ccc1OCc1nnc(-c2cccc(OC(F)(F)F)c2)o1. The molecule has 0 fully saturated rings. The number of rotatable bonds is 5. The Hall–Kier alpha value is -2.74. The minimum atomic E-state index is -4.77. The van der Waals surface area contributed by atoms with Crippen LogP contribution in [0.5, 0.6) is 11.5 Å². The molecule has 0 atom stereocenters. The van der Waals surface area contributed by atoms with Crippen LogP contribution < -0.4 is 9.47 Å². The van der Waals surface area contributed by atoms with Gasteiger partial charge in [-0.15, -0.1) is 23.4 Å². The van der Waals surface area contributed by atoms with E-state index < -0.39 is 6.36 Å². The third-order valence-corrected chi connectivity index (χ3v) is 3.50. The van der Waals surface area contributed by atoms with E-state index in [2.05, 4.69) is 14.9 Å². The molecule has 0 unspecified atom stereocenters. The number of alkyl halides is 3. The highest BCUT2D eigenvalue weighted by Gasteiger charge is 2.31. The van der Waals surface area contributed by atoms with E-state index in [-0.39, 0.29) is 24.1 Å². The molecule has 3 aromatic rings. The topological polar surface area (TPSA) is 57.4 Å². The fourth-order valence-electron chi connectivity index (χ4n) is 2.17. The van der Waals surface area contributed by atoms with Crippen molar-refractivity contribution in [3.05, 3.63) is 58.9 Å². The van der Waals surface area contributed by atoms with Gasteiger partial charge in [-0.3, -0.25) is 0 Å². The lowest BCUT2D eigenvalue weighted by Gasteiger charge is -2.08.